The van der Waals surface area contributed by atoms with Crippen LogP contribution in [0.15, 0.2) is 18.2 Å². The number of primary amides is 1. The monoisotopic (exact) mass is 277 g/mol. The van der Waals surface area contributed by atoms with Crippen molar-refractivity contribution in [3.05, 3.63) is 34.9 Å². The first-order valence-electron chi connectivity index (χ1n) is 7.40. The lowest BCUT2D eigenvalue weighted by atomic mass is 10.0. The molecule has 1 aromatic carbocycles. The summed E-state index contributed by atoms with van der Waals surface area (Å²) in [5, 5.41) is 3.46. The quantitative estimate of drug-likeness (QED) is 0.678. The zero-order chi connectivity index (χ0) is 15.0. The number of nitrogens with two attached hydrogens (primary N) is 1. The fraction of sp³-hybridized carbons (Fsp3) is 0.562. The van der Waals surface area contributed by atoms with Crippen LogP contribution in [0.1, 0.15) is 41.8 Å². The van der Waals surface area contributed by atoms with E-state index in [2.05, 4.69) is 24.1 Å². The van der Waals surface area contributed by atoms with Gasteiger partial charge in [-0.3, -0.25) is 4.79 Å². The van der Waals surface area contributed by atoms with Crippen LogP contribution in [0.3, 0.4) is 0 Å². The van der Waals surface area contributed by atoms with Crippen molar-refractivity contribution in [3.8, 4) is 0 Å². The van der Waals surface area contributed by atoms with Crippen molar-refractivity contribution < 1.29 is 4.79 Å². The molecule has 4 nitrogen and oxygen atoms in total. The Bertz CT molecular complexity index is 432. The second kappa shape index (κ2) is 8.72. The second-order valence-corrected chi connectivity index (χ2v) is 5.12. The Morgan fingerprint density at radius 2 is 2.05 bits per heavy atom. The minimum atomic E-state index is -0.370. The highest BCUT2D eigenvalue weighted by Crippen LogP contribution is 2.10. The van der Waals surface area contributed by atoms with Crippen molar-refractivity contribution in [1.29, 1.82) is 0 Å². The average Bonchev–Trinajstić information content (AvgIpc) is 2.43. The number of carbonyl (C=O) groups is 1. The Morgan fingerprint density at radius 3 is 2.60 bits per heavy atom. The summed E-state index contributed by atoms with van der Waals surface area (Å²) in [6.07, 6.45) is 1.20. The molecular weight excluding hydrogens is 250 g/mol. The summed E-state index contributed by atoms with van der Waals surface area (Å²) in [5.74, 6) is -0.370. The first-order valence-corrected chi connectivity index (χ1v) is 7.40. The molecule has 1 amide bonds. The molecule has 0 heterocycles. The topological polar surface area (TPSA) is 58.4 Å². The lowest BCUT2D eigenvalue weighted by Gasteiger charge is -2.19. The van der Waals surface area contributed by atoms with Gasteiger partial charge in [-0.25, -0.2) is 0 Å². The van der Waals surface area contributed by atoms with Gasteiger partial charge in [0.15, 0.2) is 0 Å². The van der Waals surface area contributed by atoms with E-state index >= 15 is 0 Å². The summed E-state index contributed by atoms with van der Waals surface area (Å²) >= 11 is 0. The van der Waals surface area contributed by atoms with Crippen molar-refractivity contribution in [2.45, 2.75) is 33.7 Å². The van der Waals surface area contributed by atoms with Crippen molar-refractivity contribution in [2.24, 2.45) is 5.73 Å². The molecule has 0 saturated heterocycles. The number of nitrogens with one attached hydrogen (secondary N) is 1. The number of amides is 1. The Hall–Kier alpha value is -1.39. The Balaban J connectivity index is 2.40. The van der Waals surface area contributed by atoms with Gasteiger partial charge in [-0.05, 0) is 49.7 Å². The van der Waals surface area contributed by atoms with E-state index in [1.54, 1.807) is 6.07 Å². The van der Waals surface area contributed by atoms with E-state index in [1.165, 1.54) is 12.0 Å². The maximum Gasteiger partial charge on any atom is 0.248 e. The van der Waals surface area contributed by atoms with Gasteiger partial charge in [0.2, 0.25) is 5.91 Å². The Kier molecular flexibility index (Phi) is 7.26. The van der Waals surface area contributed by atoms with Crippen LogP contribution in [0.25, 0.3) is 0 Å². The lowest BCUT2D eigenvalue weighted by Crippen LogP contribution is -2.32. The summed E-state index contributed by atoms with van der Waals surface area (Å²) in [6, 6.07) is 5.63. The third kappa shape index (κ3) is 5.31. The number of hydrogen-bond donors (Lipinski definition) is 2. The molecule has 0 aliphatic heterocycles. The smallest absolute Gasteiger partial charge is 0.248 e. The van der Waals surface area contributed by atoms with Gasteiger partial charge in [0.25, 0.3) is 0 Å². The SMILES string of the molecule is CCCN(CC)CCNCc1ccc(C(N)=O)cc1C. The second-order valence-electron chi connectivity index (χ2n) is 5.12. The van der Waals surface area contributed by atoms with Gasteiger partial charge >= 0.3 is 0 Å². The van der Waals surface area contributed by atoms with E-state index in [-0.39, 0.29) is 5.91 Å². The highest BCUT2D eigenvalue weighted by molar-refractivity contribution is 5.93. The molecule has 0 spiro atoms. The maximum absolute atomic E-state index is 11.1. The van der Waals surface area contributed by atoms with Crippen LogP contribution in [-0.2, 0) is 6.54 Å². The van der Waals surface area contributed by atoms with E-state index in [1.807, 2.05) is 19.1 Å². The normalized spacial score (nSPS) is 11.0. The van der Waals surface area contributed by atoms with Crippen molar-refractivity contribution in [3.63, 3.8) is 0 Å². The minimum Gasteiger partial charge on any atom is -0.366 e. The molecule has 0 bridgehead atoms. The van der Waals surface area contributed by atoms with E-state index < -0.39 is 0 Å². The fourth-order valence-corrected chi connectivity index (χ4v) is 2.25. The highest BCUT2D eigenvalue weighted by Gasteiger charge is 2.04. The molecule has 0 aliphatic rings. The summed E-state index contributed by atoms with van der Waals surface area (Å²) in [4.78, 5) is 13.5. The van der Waals surface area contributed by atoms with Crippen LogP contribution in [0.4, 0.5) is 0 Å². The molecule has 0 aromatic heterocycles. The number of nitrogens with zero attached hydrogens (tertiary/aromatic N) is 1. The predicted molar refractivity (Wildman–Crippen MR) is 83.8 cm³/mol. The number of likely N-dealkylation sites (N-methyl/N-ethyl adjacent to an activating group) is 1. The molecule has 1 aromatic rings. The average molecular weight is 277 g/mol. The third-order valence-corrected chi connectivity index (χ3v) is 3.53. The lowest BCUT2D eigenvalue weighted by molar-refractivity contribution is 0.1000. The van der Waals surface area contributed by atoms with Gasteiger partial charge in [-0.1, -0.05) is 19.9 Å². The first kappa shape index (κ1) is 16.7. The molecule has 0 atom stereocenters. The Morgan fingerprint density at radius 1 is 1.30 bits per heavy atom. The van der Waals surface area contributed by atoms with Gasteiger partial charge in [0.05, 0.1) is 0 Å². The van der Waals surface area contributed by atoms with Gasteiger partial charge in [0, 0.05) is 25.2 Å². The molecule has 4 heteroatoms. The van der Waals surface area contributed by atoms with Crippen LogP contribution in [-0.4, -0.2) is 37.0 Å². The number of hydrogen-bond acceptors (Lipinski definition) is 3. The fourth-order valence-electron chi connectivity index (χ4n) is 2.25. The summed E-state index contributed by atoms with van der Waals surface area (Å²) in [6.45, 7) is 11.6. The van der Waals surface area contributed by atoms with Gasteiger partial charge in [0.1, 0.15) is 0 Å². The van der Waals surface area contributed by atoms with E-state index in [4.69, 9.17) is 5.73 Å². The molecule has 0 unspecified atom stereocenters. The molecule has 0 aliphatic carbocycles. The first-order chi connectivity index (χ1) is 9.58. The molecule has 1 rings (SSSR count). The molecule has 112 valence electrons. The summed E-state index contributed by atoms with van der Waals surface area (Å²) in [5.41, 5.74) is 8.17. The molecule has 20 heavy (non-hydrogen) atoms. The van der Waals surface area contributed by atoms with Crippen molar-refractivity contribution in [1.82, 2.24) is 10.2 Å². The number of benzene rings is 1. The largest absolute Gasteiger partial charge is 0.366 e. The number of rotatable bonds is 9. The molecule has 0 saturated carbocycles. The van der Waals surface area contributed by atoms with Crippen LogP contribution in [0, 0.1) is 6.92 Å². The van der Waals surface area contributed by atoms with Crippen molar-refractivity contribution in [2.75, 3.05) is 26.2 Å². The van der Waals surface area contributed by atoms with E-state index in [0.29, 0.717) is 5.56 Å². The zero-order valence-electron chi connectivity index (χ0n) is 12.9. The van der Waals surface area contributed by atoms with E-state index in [9.17, 15) is 4.79 Å². The minimum absolute atomic E-state index is 0.370. The van der Waals surface area contributed by atoms with Crippen LogP contribution < -0.4 is 11.1 Å². The van der Waals surface area contributed by atoms with Crippen molar-refractivity contribution >= 4 is 5.91 Å². The van der Waals surface area contributed by atoms with Crippen LogP contribution in [0.2, 0.25) is 0 Å². The third-order valence-electron chi connectivity index (χ3n) is 3.53. The van der Waals surface area contributed by atoms with Crippen LogP contribution in [0.5, 0.6) is 0 Å². The number of carbonyl (C=O) groups excluding carboxylic acids is 1. The molecular formula is C16H27N3O. The summed E-state index contributed by atoms with van der Waals surface area (Å²) < 4.78 is 0. The standard InChI is InChI=1S/C16H27N3O/c1-4-9-19(5-2)10-8-18-12-15-7-6-14(16(17)20)11-13(15)3/h6-7,11,18H,4-5,8-10,12H2,1-3H3,(H2,17,20). The van der Waals surface area contributed by atoms with Gasteiger partial charge in [-0.2, -0.15) is 0 Å². The zero-order valence-corrected chi connectivity index (χ0v) is 12.9. The molecule has 0 fully saturated rings. The molecule has 3 N–H and O–H groups in total. The highest BCUT2D eigenvalue weighted by atomic mass is 16.1. The maximum atomic E-state index is 11.1. The van der Waals surface area contributed by atoms with E-state index in [0.717, 1.165) is 38.3 Å². The number of aryl methyl sites for hydroxylation is 1. The summed E-state index contributed by atoms with van der Waals surface area (Å²) in [7, 11) is 0. The van der Waals surface area contributed by atoms with Gasteiger partial charge < -0.3 is 16.0 Å². The van der Waals surface area contributed by atoms with Crippen LogP contribution >= 0.6 is 0 Å². The molecule has 0 radical (unpaired) electrons. The Labute approximate surface area is 122 Å². The predicted octanol–water partition coefficient (Wildman–Crippen LogP) is 1.92. The van der Waals surface area contributed by atoms with Gasteiger partial charge in [-0.15, -0.1) is 0 Å².